The Hall–Kier alpha value is -0.880. The minimum absolute atomic E-state index is 0.0663. The summed E-state index contributed by atoms with van der Waals surface area (Å²) in [6.07, 6.45) is 3.71. The fraction of sp³-hybridized carbons (Fsp3) is 0.625. The van der Waals surface area contributed by atoms with Crippen LogP contribution in [0.15, 0.2) is 15.9 Å². The smallest absolute Gasteiger partial charge is 0.225 e. The lowest BCUT2D eigenvalue weighted by atomic mass is 9.95. The fourth-order valence-electron chi connectivity index (χ4n) is 3.00. The van der Waals surface area contributed by atoms with Crippen molar-refractivity contribution in [1.82, 2.24) is 9.80 Å². The average Bonchev–Trinajstić information content (AvgIpc) is 3.29. The molecule has 1 aromatic rings. The summed E-state index contributed by atoms with van der Waals surface area (Å²) in [4.78, 5) is 29.6. The van der Waals surface area contributed by atoms with Crippen LogP contribution < -0.4 is 0 Å². The topological polar surface area (TPSA) is 40.6 Å². The zero-order valence-corrected chi connectivity index (χ0v) is 15.2. The summed E-state index contributed by atoms with van der Waals surface area (Å²) < 4.78 is 1.09. The number of thiophene rings is 1. The van der Waals surface area contributed by atoms with Crippen LogP contribution in [0.4, 0.5) is 0 Å². The summed E-state index contributed by atoms with van der Waals surface area (Å²) in [7, 11) is 1.87. The second-order valence-corrected chi connectivity index (χ2v) is 8.82. The Labute approximate surface area is 143 Å². The standard InChI is InChI=1S/C16H21BrN2O2S/c1-18(10-13-4-5-14(17)22-13)15(20)12-6-8-19(9-7-12)16(21)11-2-3-11/h4-5,11-12H,2-3,6-10H2,1H3. The molecule has 3 rings (SSSR count). The largest absolute Gasteiger partial charge is 0.342 e. The number of hydrogen-bond acceptors (Lipinski definition) is 3. The van der Waals surface area contributed by atoms with E-state index in [1.807, 2.05) is 22.9 Å². The van der Waals surface area contributed by atoms with E-state index in [0.29, 0.717) is 12.5 Å². The number of carbonyl (C=O) groups is 2. The van der Waals surface area contributed by atoms with Gasteiger partial charge in [0.25, 0.3) is 0 Å². The van der Waals surface area contributed by atoms with Gasteiger partial charge in [-0.25, -0.2) is 0 Å². The van der Waals surface area contributed by atoms with Crippen molar-refractivity contribution in [2.75, 3.05) is 20.1 Å². The van der Waals surface area contributed by atoms with Gasteiger partial charge in [-0.3, -0.25) is 9.59 Å². The molecule has 22 heavy (non-hydrogen) atoms. The molecule has 1 aromatic heterocycles. The Balaban J connectivity index is 1.49. The first-order valence-electron chi connectivity index (χ1n) is 7.82. The highest BCUT2D eigenvalue weighted by molar-refractivity contribution is 9.11. The highest BCUT2D eigenvalue weighted by Gasteiger charge is 2.36. The first-order valence-corrected chi connectivity index (χ1v) is 9.43. The third kappa shape index (κ3) is 3.71. The van der Waals surface area contributed by atoms with Crippen molar-refractivity contribution in [1.29, 1.82) is 0 Å². The average molecular weight is 385 g/mol. The normalized spacial score (nSPS) is 19.3. The SMILES string of the molecule is CN(Cc1ccc(Br)s1)C(=O)C1CCN(C(=O)C2CC2)CC1. The van der Waals surface area contributed by atoms with Gasteiger partial charge in [-0.05, 0) is 53.7 Å². The van der Waals surface area contributed by atoms with E-state index in [1.54, 1.807) is 11.3 Å². The molecule has 0 aromatic carbocycles. The van der Waals surface area contributed by atoms with E-state index in [-0.39, 0.29) is 17.7 Å². The molecule has 2 heterocycles. The van der Waals surface area contributed by atoms with Crippen molar-refractivity contribution >= 4 is 39.1 Å². The summed E-state index contributed by atoms with van der Waals surface area (Å²) in [6, 6.07) is 4.07. The van der Waals surface area contributed by atoms with E-state index in [1.165, 1.54) is 4.88 Å². The van der Waals surface area contributed by atoms with Gasteiger partial charge in [0.2, 0.25) is 11.8 Å². The second-order valence-electron chi connectivity index (χ2n) is 6.27. The lowest BCUT2D eigenvalue weighted by molar-refractivity contribution is -0.140. The summed E-state index contributed by atoms with van der Waals surface area (Å²) in [6.45, 7) is 2.14. The van der Waals surface area contributed by atoms with Gasteiger partial charge in [0.15, 0.2) is 0 Å². The molecule has 0 bridgehead atoms. The van der Waals surface area contributed by atoms with Gasteiger partial charge in [-0.1, -0.05) is 0 Å². The summed E-state index contributed by atoms with van der Waals surface area (Å²) in [5.74, 6) is 0.870. The highest BCUT2D eigenvalue weighted by Crippen LogP contribution is 2.32. The van der Waals surface area contributed by atoms with E-state index < -0.39 is 0 Å². The fourth-order valence-corrected chi connectivity index (χ4v) is 4.53. The van der Waals surface area contributed by atoms with Crippen LogP contribution in [0.25, 0.3) is 0 Å². The maximum atomic E-state index is 12.5. The van der Waals surface area contributed by atoms with Gasteiger partial charge in [-0.15, -0.1) is 11.3 Å². The molecule has 6 heteroatoms. The molecule has 4 nitrogen and oxygen atoms in total. The van der Waals surface area contributed by atoms with Crippen molar-refractivity contribution in [3.05, 3.63) is 20.8 Å². The molecule has 1 aliphatic carbocycles. The van der Waals surface area contributed by atoms with Crippen LogP contribution in [-0.2, 0) is 16.1 Å². The number of piperidine rings is 1. The maximum Gasteiger partial charge on any atom is 0.225 e. The molecule has 2 amide bonds. The molecule has 0 radical (unpaired) electrons. The van der Waals surface area contributed by atoms with E-state index in [4.69, 9.17) is 0 Å². The number of rotatable bonds is 4. The Kier molecular flexibility index (Phi) is 4.88. The first kappa shape index (κ1) is 16.0. The van der Waals surface area contributed by atoms with E-state index in [0.717, 1.165) is 42.6 Å². The molecule has 1 aliphatic heterocycles. The molecule has 2 aliphatic rings. The molecular formula is C16H21BrN2O2S. The zero-order valence-electron chi connectivity index (χ0n) is 12.8. The Morgan fingerprint density at radius 1 is 1.23 bits per heavy atom. The predicted molar refractivity (Wildman–Crippen MR) is 90.5 cm³/mol. The third-order valence-electron chi connectivity index (χ3n) is 4.48. The first-order chi connectivity index (χ1) is 10.5. The van der Waals surface area contributed by atoms with Gasteiger partial charge in [-0.2, -0.15) is 0 Å². The Morgan fingerprint density at radius 3 is 2.45 bits per heavy atom. The van der Waals surface area contributed by atoms with Crippen LogP contribution in [0.2, 0.25) is 0 Å². The monoisotopic (exact) mass is 384 g/mol. The van der Waals surface area contributed by atoms with E-state index in [9.17, 15) is 9.59 Å². The molecule has 1 saturated carbocycles. The number of amides is 2. The van der Waals surface area contributed by atoms with Crippen LogP contribution in [-0.4, -0.2) is 41.8 Å². The summed E-state index contributed by atoms with van der Waals surface area (Å²) >= 11 is 5.11. The van der Waals surface area contributed by atoms with Crippen molar-refractivity contribution in [3.8, 4) is 0 Å². The van der Waals surface area contributed by atoms with Gasteiger partial charge in [0.05, 0.1) is 10.3 Å². The third-order valence-corrected chi connectivity index (χ3v) is 6.09. The van der Waals surface area contributed by atoms with Crippen LogP contribution in [0, 0.1) is 11.8 Å². The lowest BCUT2D eigenvalue weighted by Gasteiger charge is -2.33. The summed E-state index contributed by atoms with van der Waals surface area (Å²) in [5.41, 5.74) is 0. The lowest BCUT2D eigenvalue weighted by Crippen LogP contribution is -2.43. The highest BCUT2D eigenvalue weighted by atomic mass is 79.9. The molecule has 0 N–H and O–H groups in total. The molecule has 0 atom stereocenters. The quantitative estimate of drug-likeness (QED) is 0.799. The Morgan fingerprint density at radius 2 is 1.91 bits per heavy atom. The number of halogens is 1. The minimum atomic E-state index is 0.0663. The van der Waals surface area contributed by atoms with Crippen molar-refractivity contribution < 1.29 is 9.59 Å². The second kappa shape index (κ2) is 6.71. The molecule has 120 valence electrons. The molecule has 2 fully saturated rings. The van der Waals surface area contributed by atoms with Crippen LogP contribution in [0.5, 0.6) is 0 Å². The van der Waals surface area contributed by atoms with E-state index in [2.05, 4.69) is 22.0 Å². The predicted octanol–water partition coefficient (Wildman–Crippen LogP) is 3.12. The van der Waals surface area contributed by atoms with Gasteiger partial charge in [0.1, 0.15) is 0 Å². The number of carbonyl (C=O) groups excluding carboxylic acids is 2. The molecular weight excluding hydrogens is 364 g/mol. The molecule has 1 saturated heterocycles. The van der Waals surface area contributed by atoms with Gasteiger partial charge in [0, 0.05) is 36.9 Å². The maximum absolute atomic E-state index is 12.5. The summed E-state index contributed by atoms with van der Waals surface area (Å²) in [5, 5.41) is 0. The number of nitrogens with zero attached hydrogens (tertiary/aromatic N) is 2. The van der Waals surface area contributed by atoms with Crippen LogP contribution in [0.1, 0.15) is 30.6 Å². The number of hydrogen-bond donors (Lipinski definition) is 0. The Bertz CT molecular complexity index is 562. The minimum Gasteiger partial charge on any atom is -0.342 e. The van der Waals surface area contributed by atoms with Gasteiger partial charge < -0.3 is 9.80 Å². The molecule has 0 unspecified atom stereocenters. The van der Waals surface area contributed by atoms with Crippen molar-refractivity contribution in [2.24, 2.45) is 11.8 Å². The van der Waals surface area contributed by atoms with Crippen LogP contribution >= 0.6 is 27.3 Å². The zero-order chi connectivity index (χ0) is 15.7. The van der Waals surface area contributed by atoms with E-state index >= 15 is 0 Å². The number of likely N-dealkylation sites (tertiary alicyclic amines) is 1. The molecule has 0 spiro atoms. The van der Waals surface area contributed by atoms with Crippen molar-refractivity contribution in [3.63, 3.8) is 0 Å². The van der Waals surface area contributed by atoms with Crippen LogP contribution in [0.3, 0.4) is 0 Å². The van der Waals surface area contributed by atoms with Gasteiger partial charge >= 0.3 is 0 Å². The van der Waals surface area contributed by atoms with Crippen molar-refractivity contribution in [2.45, 2.75) is 32.2 Å².